The monoisotopic (exact) mass is 306 g/mol. The van der Waals surface area contributed by atoms with Gasteiger partial charge in [-0.05, 0) is 35.2 Å². The topological polar surface area (TPSA) is 29.3 Å². The molecule has 2 nitrogen and oxygen atoms in total. The number of thioether (sulfide) groups is 1. The van der Waals surface area contributed by atoms with Crippen molar-refractivity contribution in [2.24, 2.45) is 0 Å². The maximum absolute atomic E-state index is 13.4. The van der Waals surface area contributed by atoms with Crippen molar-refractivity contribution in [3.8, 4) is 0 Å². The van der Waals surface area contributed by atoms with Gasteiger partial charge in [0.2, 0.25) is 0 Å². The number of nitrogens with two attached hydrogens (primary N) is 1. The van der Waals surface area contributed by atoms with Gasteiger partial charge in [-0.25, -0.2) is 4.39 Å². The Morgan fingerprint density at radius 2 is 2.19 bits per heavy atom. The van der Waals surface area contributed by atoms with Gasteiger partial charge in [-0.2, -0.15) is 11.8 Å². The summed E-state index contributed by atoms with van der Waals surface area (Å²) < 4.78 is 13.8. The van der Waals surface area contributed by atoms with Crippen LogP contribution >= 0.6 is 27.7 Å². The van der Waals surface area contributed by atoms with E-state index < -0.39 is 0 Å². The minimum Gasteiger partial charge on any atom is -0.397 e. The molecule has 0 aliphatic heterocycles. The first kappa shape index (κ1) is 13.6. The van der Waals surface area contributed by atoms with Crippen LogP contribution < -0.4 is 10.6 Å². The lowest BCUT2D eigenvalue weighted by Gasteiger charge is -2.27. The first-order valence-corrected chi connectivity index (χ1v) is 7.12. The number of rotatable bonds is 4. The second-order valence-corrected chi connectivity index (χ2v) is 5.51. The lowest BCUT2D eigenvalue weighted by atomic mass is 10.2. The van der Waals surface area contributed by atoms with Gasteiger partial charge in [0.25, 0.3) is 0 Å². The molecule has 1 atom stereocenters. The Labute approximate surface area is 109 Å². The van der Waals surface area contributed by atoms with Crippen LogP contribution in [0.1, 0.15) is 6.92 Å². The summed E-state index contributed by atoms with van der Waals surface area (Å²) in [7, 11) is 1.93. The summed E-state index contributed by atoms with van der Waals surface area (Å²) in [5.41, 5.74) is 7.20. The summed E-state index contributed by atoms with van der Waals surface area (Å²) in [5, 5.41) is 0. The third-order valence-electron chi connectivity index (χ3n) is 2.52. The van der Waals surface area contributed by atoms with E-state index in [1.165, 1.54) is 6.07 Å². The van der Waals surface area contributed by atoms with Crippen LogP contribution in [0.2, 0.25) is 0 Å². The predicted octanol–water partition coefficient (Wildman–Crippen LogP) is 3.36. The van der Waals surface area contributed by atoms with Gasteiger partial charge < -0.3 is 10.6 Å². The van der Waals surface area contributed by atoms with Crippen molar-refractivity contribution in [3.05, 3.63) is 22.4 Å². The van der Waals surface area contributed by atoms with Gasteiger partial charge >= 0.3 is 0 Å². The van der Waals surface area contributed by atoms with Crippen molar-refractivity contribution < 1.29 is 4.39 Å². The molecular weight excluding hydrogens is 291 g/mol. The summed E-state index contributed by atoms with van der Waals surface area (Å²) in [5.74, 6) is 0.695. The van der Waals surface area contributed by atoms with Crippen molar-refractivity contribution in [2.45, 2.75) is 13.0 Å². The van der Waals surface area contributed by atoms with Crippen molar-refractivity contribution in [2.75, 3.05) is 29.7 Å². The lowest BCUT2D eigenvalue weighted by molar-refractivity contribution is 0.619. The number of nitrogen functional groups attached to an aromatic ring is 1. The molecule has 1 aromatic rings. The van der Waals surface area contributed by atoms with Crippen LogP contribution in [-0.4, -0.2) is 25.1 Å². The highest BCUT2D eigenvalue weighted by atomic mass is 79.9. The maximum atomic E-state index is 13.4. The zero-order chi connectivity index (χ0) is 12.3. The normalized spacial score (nSPS) is 12.6. The summed E-state index contributed by atoms with van der Waals surface area (Å²) >= 11 is 4.88. The highest BCUT2D eigenvalue weighted by Gasteiger charge is 2.14. The number of anilines is 2. The van der Waals surface area contributed by atoms with Crippen molar-refractivity contribution in [3.63, 3.8) is 0 Å². The maximum Gasteiger partial charge on any atom is 0.139 e. The van der Waals surface area contributed by atoms with E-state index >= 15 is 0 Å². The molecule has 0 saturated heterocycles. The number of benzene rings is 1. The minimum absolute atomic E-state index is 0.285. The Hall–Kier alpha value is -0.420. The van der Waals surface area contributed by atoms with Gasteiger partial charge in [0, 0.05) is 24.9 Å². The molecule has 0 saturated carbocycles. The van der Waals surface area contributed by atoms with E-state index in [1.807, 2.05) is 11.9 Å². The van der Waals surface area contributed by atoms with E-state index in [0.717, 1.165) is 11.4 Å². The van der Waals surface area contributed by atoms with E-state index in [1.54, 1.807) is 17.8 Å². The molecule has 1 unspecified atom stereocenters. The molecule has 1 aromatic carbocycles. The van der Waals surface area contributed by atoms with E-state index in [0.29, 0.717) is 16.2 Å². The van der Waals surface area contributed by atoms with Gasteiger partial charge in [-0.15, -0.1) is 0 Å². The van der Waals surface area contributed by atoms with E-state index in [9.17, 15) is 4.39 Å². The highest BCUT2D eigenvalue weighted by Crippen LogP contribution is 2.30. The molecule has 0 aliphatic rings. The van der Waals surface area contributed by atoms with E-state index in [2.05, 4.69) is 29.1 Å². The molecule has 5 heteroatoms. The number of hydrogen-bond acceptors (Lipinski definition) is 3. The molecule has 0 aliphatic carbocycles. The largest absolute Gasteiger partial charge is 0.397 e. The molecule has 2 N–H and O–H groups in total. The van der Waals surface area contributed by atoms with E-state index in [4.69, 9.17) is 5.73 Å². The standard InChI is InChI=1S/C11H16BrFN2S/c1-7(6-16-3)15(2)11-5-9(13)8(12)4-10(11)14/h4-5,7H,6,14H2,1-3H3. The smallest absolute Gasteiger partial charge is 0.139 e. The van der Waals surface area contributed by atoms with Gasteiger partial charge in [0.1, 0.15) is 5.82 Å². The van der Waals surface area contributed by atoms with Crippen molar-refractivity contribution >= 4 is 39.1 Å². The second kappa shape index (κ2) is 5.77. The zero-order valence-corrected chi connectivity index (χ0v) is 12.0. The second-order valence-electron chi connectivity index (χ2n) is 3.74. The van der Waals surface area contributed by atoms with Gasteiger partial charge in [-0.1, -0.05) is 0 Å². The summed E-state index contributed by atoms with van der Waals surface area (Å²) in [6, 6.07) is 3.39. The summed E-state index contributed by atoms with van der Waals surface area (Å²) in [6.07, 6.45) is 2.05. The average Bonchev–Trinajstić information content (AvgIpc) is 2.23. The molecule has 0 heterocycles. The first-order chi connectivity index (χ1) is 7.47. The molecule has 0 bridgehead atoms. The SMILES string of the molecule is CSCC(C)N(C)c1cc(F)c(Br)cc1N. The molecule has 16 heavy (non-hydrogen) atoms. The van der Waals surface area contributed by atoms with E-state index in [-0.39, 0.29) is 5.82 Å². The minimum atomic E-state index is -0.285. The van der Waals surface area contributed by atoms with Crippen LogP contribution in [0.15, 0.2) is 16.6 Å². The van der Waals surface area contributed by atoms with Crippen LogP contribution in [-0.2, 0) is 0 Å². The molecule has 0 spiro atoms. The number of nitrogens with zero attached hydrogens (tertiary/aromatic N) is 1. The Bertz CT molecular complexity index is 373. The zero-order valence-electron chi connectivity index (χ0n) is 9.63. The molecule has 1 rings (SSSR count). The molecule has 0 amide bonds. The molecule has 0 fully saturated rings. The summed E-state index contributed by atoms with van der Waals surface area (Å²) in [4.78, 5) is 2.00. The molecule has 0 radical (unpaired) electrons. The Balaban J connectivity index is 2.99. The lowest BCUT2D eigenvalue weighted by Crippen LogP contribution is -2.31. The Kier molecular flexibility index (Phi) is 4.92. The van der Waals surface area contributed by atoms with Crippen LogP contribution in [0.3, 0.4) is 0 Å². The van der Waals surface area contributed by atoms with Crippen molar-refractivity contribution in [1.29, 1.82) is 0 Å². The van der Waals surface area contributed by atoms with Crippen LogP contribution in [0.25, 0.3) is 0 Å². The quantitative estimate of drug-likeness (QED) is 0.865. The number of hydrogen-bond donors (Lipinski definition) is 1. The Morgan fingerprint density at radius 1 is 1.56 bits per heavy atom. The molecule has 90 valence electrons. The fraction of sp³-hybridized carbons (Fsp3) is 0.455. The van der Waals surface area contributed by atoms with Crippen LogP contribution in [0.4, 0.5) is 15.8 Å². The van der Waals surface area contributed by atoms with Gasteiger partial charge in [-0.3, -0.25) is 0 Å². The summed E-state index contributed by atoms with van der Waals surface area (Å²) in [6.45, 7) is 2.09. The molecule has 0 aromatic heterocycles. The highest BCUT2D eigenvalue weighted by molar-refractivity contribution is 9.10. The number of halogens is 2. The van der Waals surface area contributed by atoms with Crippen molar-refractivity contribution in [1.82, 2.24) is 0 Å². The fourth-order valence-corrected chi connectivity index (χ4v) is 2.51. The first-order valence-electron chi connectivity index (χ1n) is 4.93. The average molecular weight is 307 g/mol. The van der Waals surface area contributed by atoms with Crippen LogP contribution in [0, 0.1) is 5.82 Å². The third kappa shape index (κ3) is 3.04. The third-order valence-corrected chi connectivity index (χ3v) is 3.94. The van der Waals surface area contributed by atoms with Gasteiger partial charge in [0.15, 0.2) is 0 Å². The van der Waals surface area contributed by atoms with Crippen LogP contribution in [0.5, 0.6) is 0 Å². The fourth-order valence-electron chi connectivity index (χ4n) is 1.45. The Morgan fingerprint density at radius 3 is 2.75 bits per heavy atom. The predicted molar refractivity (Wildman–Crippen MR) is 74.8 cm³/mol. The van der Waals surface area contributed by atoms with Gasteiger partial charge in [0.05, 0.1) is 15.8 Å². The molecular formula is C11H16BrFN2S.